The second kappa shape index (κ2) is 2.76. The molecule has 0 atom stereocenters. The summed E-state index contributed by atoms with van der Waals surface area (Å²) < 4.78 is 5.27. The van der Waals surface area contributed by atoms with E-state index in [1.54, 1.807) is 0 Å². The van der Waals surface area contributed by atoms with Gasteiger partial charge in [0.2, 0.25) is 0 Å². The molecule has 0 unspecified atom stereocenters. The van der Waals surface area contributed by atoms with Crippen LogP contribution in [0.4, 0.5) is 0 Å². The summed E-state index contributed by atoms with van der Waals surface area (Å²) in [6.45, 7) is 3.34. The van der Waals surface area contributed by atoms with Crippen LogP contribution in [0, 0.1) is 11.3 Å². The van der Waals surface area contributed by atoms with Crippen molar-refractivity contribution in [2.75, 3.05) is 26.8 Å². The lowest BCUT2D eigenvalue weighted by atomic mass is 9.62. The Morgan fingerprint density at radius 1 is 1.45 bits per heavy atom. The minimum Gasteiger partial charge on any atom is -0.384 e. The monoisotopic (exact) mass is 155 g/mol. The molecule has 2 aliphatic rings. The van der Waals surface area contributed by atoms with E-state index in [0.717, 1.165) is 12.5 Å². The predicted molar refractivity (Wildman–Crippen MR) is 44.5 cm³/mol. The van der Waals surface area contributed by atoms with E-state index < -0.39 is 0 Å². The summed E-state index contributed by atoms with van der Waals surface area (Å²) in [5, 5.41) is 3.36. The molecule has 0 aromatic rings. The van der Waals surface area contributed by atoms with Crippen molar-refractivity contribution in [2.45, 2.75) is 19.3 Å². The summed E-state index contributed by atoms with van der Waals surface area (Å²) in [6.07, 6.45) is 4.31. The number of rotatable bonds is 3. The first-order chi connectivity index (χ1) is 5.37. The third-order valence-corrected chi connectivity index (χ3v) is 3.36. The molecule has 2 heteroatoms. The lowest BCUT2D eigenvalue weighted by Crippen LogP contribution is -2.61. The molecule has 0 aromatic heterocycles. The molecule has 2 fully saturated rings. The molecular formula is C9H17NO. The summed E-state index contributed by atoms with van der Waals surface area (Å²) >= 11 is 0. The fourth-order valence-electron chi connectivity index (χ4n) is 2.26. The maximum atomic E-state index is 5.27. The summed E-state index contributed by atoms with van der Waals surface area (Å²) in [5.74, 6) is 0.962. The van der Waals surface area contributed by atoms with E-state index in [1.165, 1.54) is 32.4 Å². The normalized spacial score (nSPS) is 29.2. The van der Waals surface area contributed by atoms with Crippen LogP contribution in [0.3, 0.4) is 0 Å². The zero-order valence-corrected chi connectivity index (χ0v) is 7.23. The highest BCUT2D eigenvalue weighted by atomic mass is 16.5. The Kier molecular flexibility index (Phi) is 1.90. The van der Waals surface area contributed by atoms with Crippen LogP contribution in [0.5, 0.6) is 0 Å². The number of hydrogen-bond donors (Lipinski definition) is 1. The largest absolute Gasteiger partial charge is 0.384 e. The number of hydrogen-bond acceptors (Lipinski definition) is 2. The quantitative estimate of drug-likeness (QED) is 0.657. The van der Waals surface area contributed by atoms with Crippen LogP contribution in [0.2, 0.25) is 0 Å². The molecule has 1 saturated heterocycles. The van der Waals surface area contributed by atoms with Crippen molar-refractivity contribution in [3.63, 3.8) is 0 Å². The molecule has 0 bridgehead atoms. The van der Waals surface area contributed by atoms with Crippen LogP contribution in [0.1, 0.15) is 19.3 Å². The van der Waals surface area contributed by atoms with E-state index in [2.05, 4.69) is 5.32 Å². The Morgan fingerprint density at radius 2 is 2.18 bits per heavy atom. The van der Waals surface area contributed by atoms with Crippen LogP contribution in [0.15, 0.2) is 0 Å². The van der Waals surface area contributed by atoms with Crippen LogP contribution in [-0.4, -0.2) is 26.8 Å². The Bertz CT molecular complexity index is 138. The van der Waals surface area contributed by atoms with E-state index in [9.17, 15) is 0 Å². The summed E-state index contributed by atoms with van der Waals surface area (Å²) in [6, 6.07) is 0. The van der Waals surface area contributed by atoms with Crippen LogP contribution in [-0.2, 0) is 4.74 Å². The minimum absolute atomic E-state index is 0.535. The van der Waals surface area contributed by atoms with Crippen molar-refractivity contribution in [1.82, 2.24) is 5.32 Å². The average Bonchev–Trinajstić information content (AvgIpc) is 1.79. The van der Waals surface area contributed by atoms with Gasteiger partial charge in [-0.2, -0.15) is 0 Å². The van der Waals surface area contributed by atoms with Gasteiger partial charge >= 0.3 is 0 Å². The van der Waals surface area contributed by atoms with Gasteiger partial charge in [0.25, 0.3) is 0 Å². The standard InChI is InChI=1S/C9H17NO/c1-11-7-9(5-10-6-9)8-3-2-4-8/h8,10H,2-7H2,1H3. The van der Waals surface area contributed by atoms with Crippen LogP contribution >= 0.6 is 0 Å². The third kappa shape index (κ3) is 1.09. The molecule has 0 aromatic carbocycles. The Morgan fingerprint density at radius 3 is 2.45 bits per heavy atom. The van der Waals surface area contributed by atoms with Gasteiger partial charge in [-0.3, -0.25) is 0 Å². The molecule has 2 nitrogen and oxygen atoms in total. The fourth-order valence-corrected chi connectivity index (χ4v) is 2.26. The van der Waals surface area contributed by atoms with Gasteiger partial charge < -0.3 is 10.1 Å². The Balaban J connectivity index is 1.92. The Labute approximate surface area is 68.3 Å². The summed E-state index contributed by atoms with van der Waals surface area (Å²) in [7, 11) is 1.82. The van der Waals surface area contributed by atoms with Crippen LogP contribution in [0.25, 0.3) is 0 Å². The third-order valence-electron chi connectivity index (χ3n) is 3.36. The van der Waals surface area contributed by atoms with E-state index in [-0.39, 0.29) is 0 Å². The van der Waals surface area contributed by atoms with Gasteiger partial charge in [0.1, 0.15) is 0 Å². The van der Waals surface area contributed by atoms with E-state index >= 15 is 0 Å². The van der Waals surface area contributed by atoms with Gasteiger partial charge in [0.05, 0.1) is 6.61 Å². The van der Waals surface area contributed by atoms with Crippen molar-refractivity contribution >= 4 is 0 Å². The molecular weight excluding hydrogens is 138 g/mol. The molecule has 0 spiro atoms. The first-order valence-corrected chi connectivity index (χ1v) is 4.57. The highest BCUT2D eigenvalue weighted by Gasteiger charge is 2.46. The maximum Gasteiger partial charge on any atom is 0.0545 e. The molecule has 1 heterocycles. The molecule has 1 N–H and O–H groups in total. The van der Waals surface area contributed by atoms with E-state index in [0.29, 0.717) is 5.41 Å². The van der Waals surface area contributed by atoms with Gasteiger partial charge in [-0.05, 0) is 18.8 Å². The molecule has 2 rings (SSSR count). The molecule has 0 amide bonds. The van der Waals surface area contributed by atoms with E-state index in [4.69, 9.17) is 4.74 Å². The molecule has 1 saturated carbocycles. The predicted octanol–water partition coefficient (Wildman–Crippen LogP) is 1.02. The zero-order chi connectivity index (χ0) is 7.73. The van der Waals surface area contributed by atoms with Crippen molar-refractivity contribution < 1.29 is 4.74 Å². The summed E-state index contributed by atoms with van der Waals surface area (Å²) in [4.78, 5) is 0. The van der Waals surface area contributed by atoms with Crippen molar-refractivity contribution in [1.29, 1.82) is 0 Å². The number of methoxy groups -OCH3 is 1. The first-order valence-electron chi connectivity index (χ1n) is 4.57. The zero-order valence-electron chi connectivity index (χ0n) is 7.23. The molecule has 0 radical (unpaired) electrons. The minimum atomic E-state index is 0.535. The molecule has 1 aliphatic carbocycles. The van der Waals surface area contributed by atoms with Gasteiger partial charge in [0.15, 0.2) is 0 Å². The summed E-state index contributed by atoms with van der Waals surface area (Å²) in [5.41, 5.74) is 0.535. The number of ether oxygens (including phenoxy) is 1. The molecule has 64 valence electrons. The van der Waals surface area contributed by atoms with Gasteiger partial charge in [-0.15, -0.1) is 0 Å². The second-order valence-corrected chi connectivity index (χ2v) is 4.03. The van der Waals surface area contributed by atoms with Gasteiger partial charge in [0, 0.05) is 25.6 Å². The second-order valence-electron chi connectivity index (χ2n) is 4.03. The fraction of sp³-hybridized carbons (Fsp3) is 1.00. The molecule has 11 heavy (non-hydrogen) atoms. The highest BCUT2D eigenvalue weighted by molar-refractivity contribution is 4.99. The van der Waals surface area contributed by atoms with Gasteiger partial charge in [-0.25, -0.2) is 0 Å². The molecule has 1 aliphatic heterocycles. The first kappa shape index (κ1) is 7.56. The average molecular weight is 155 g/mol. The van der Waals surface area contributed by atoms with Crippen molar-refractivity contribution in [3.05, 3.63) is 0 Å². The van der Waals surface area contributed by atoms with E-state index in [1.807, 2.05) is 7.11 Å². The number of nitrogens with one attached hydrogen (secondary N) is 1. The van der Waals surface area contributed by atoms with Gasteiger partial charge in [-0.1, -0.05) is 6.42 Å². The SMILES string of the molecule is COCC1(C2CCC2)CNC1. The highest BCUT2D eigenvalue weighted by Crippen LogP contribution is 2.44. The van der Waals surface area contributed by atoms with Crippen molar-refractivity contribution in [2.24, 2.45) is 11.3 Å². The topological polar surface area (TPSA) is 21.3 Å². The van der Waals surface area contributed by atoms with Crippen LogP contribution < -0.4 is 5.32 Å². The van der Waals surface area contributed by atoms with Crippen molar-refractivity contribution in [3.8, 4) is 0 Å². The smallest absolute Gasteiger partial charge is 0.0545 e. The Hall–Kier alpha value is -0.0800. The lowest BCUT2D eigenvalue weighted by Gasteiger charge is -2.51. The maximum absolute atomic E-state index is 5.27. The lowest BCUT2D eigenvalue weighted by molar-refractivity contribution is -0.0403.